The first-order valence-electron chi connectivity index (χ1n) is 4.91. The Labute approximate surface area is 79.2 Å². The highest BCUT2D eigenvalue weighted by molar-refractivity contribution is 4.96. The zero-order valence-electron chi connectivity index (χ0n) is 8.40. The van der Waals surface area contributed by atoms with Gasteiger partial charge in [-0.25, -0.2) is 4.98 Å². The molecule has 0 aliphatic carbocycles. The summed E-state index contributed by atoms with van der Waals surface area (Å²) in [5, 5.41) is 4.14. The van der Waals surface area contributed by atoms with Gasteiger partial charge in [-0.05, 0) is 13.3 Å². The SMILES string of the molecule is CCCC(CN)c1ncnn1CC. The predicted octanol–water partition coefficient (Wildman–Crippen LogP) is 1.14. The van der Waals surface area contributed by atoms with Crippen LogP contribution in [0.15, 0.2) is 6.33 Å². The molecule has 0 saturated heterocycles. The Morgan fingerprint density at radius 1 is 1.54 bits per heavy atom. The van der Waals surface area contributed by atoms with Crippen molar-refractivity contribution in [2.24, 2.45) is 5.73 Å². The molecule has 0 aliphatic rings. The van der Waals surface area contributed by atoms with E-state index in [-0.39, 0.29) is 0 Å². The Balaban J connectivity index is 2.77. The summed E-state index contributed by atoms with van der Waals surface area (Å²) in [6.07, 6.45) is 3.84. The maximum Gasteiger partial charge on any atom is 0.138 e. The molecule has 4 heteroatoms. The van der Waals surface area contributed by atoms with Crippen LogP contribution in [-0.4, -0.2) is 21.3 Å². The van der Waals surface area contributed by atoms with Crippen LogP contribution in [0.25, 0.3) is 0 Å². The number of rotatable bonds is 5. The molecular weight excluding hydrogens is 164 g/mol. The Bertz CT molecular complexity index is 244. The molecule has 0 aromatic carbocycles. The molecule has 0 spiro atoms. The third-order valence-corrected chi connectivity index (χ3v) is 2.23. The van der Waals surface area contributed by atoms with Crippen molar-refractivity contribution >= 4 is 0 Å². The molecule has 1 aromatic heterocycles. The van der Waals surface area contributed by atoms with Gasteiger partial charge in [-0.2, -0.15) is 5.10 Å². The molecule has 0 saturated carbocycles. The second-order valence-corrected chi connectivity index (χ2v) is 3.16. The van der Waals surface area contributed by atoms with Gasteiger partial charge in [-0.3, -0.25) is 4.68 Å². The van der Waals surface area contributed by atoms with E-state index in [1.165, 1.54) is 0 Å². The fraction of sp³-hybridized carbons (Fsp3) is 0.778. The van der Waals surface area contributed by atoms with Crippen molar-refractivity contribution in [2.45, 2.75) is 39.2 Å². The van der Waals surface area contributed by atoms with E-state index in [0.29, 0.717) is 12.5 Å². The molecule has 0 bridgehead atoms. The van der Waals surface area contributed by atoms with Gasteiger partial charge in [0, 0.05) is 19.0 Å². The van der Waals surface area contributed by atoms with Crippen LogP contribution in [0.2, 0.25) is 0 Å². The van der Waals surface area contributed by atoms with Crippen LogP contribution in [-0.2, 0) is 6.54 Å². The monoisotopic (exact) mass is 182 g/mol. The topological polar surface area (TPSA) is 56.7 Å². The largest absolute Gasteiger partial charge is 0.330 e. The van der Waals surface area contributed by atoms with Crippen LogP contribution in [0, 0.1) is 0 Å². The molecular formula is C9H18N4. The van der Waals surface area contributed by atoms with Gasteiger partial charge in [0.15, 0.2) is 0 Å². The minimum absolute atomic E-state index is 0.368. The van der Waals surface area contributed by atoms with Crippen LogP contribution in [0.3, 0.4) is 0 Å². The van der Waals surface area contributed by atoms with E-state index in [9.17, 15) is 0 Å². The Kier molecular flexibility index (Phi) is 3.89. The Hall–Kier alpha value is -0.900. The summed E-state index contributed by atoms with van der Waals surface area (Å²) in [5.74, 6) is 1.40. The van der Waals surface area contributed by atoms with Gasteiger partial charge in [-0.15, -0.1) is 0 Å². The zero-order chi connectivity index (χ0) is 9.68. The summed E-state index contributed by atoms with van der Waals surface area (Å²) in [4.78, 5) is 4.25. The number of nitrogens with zero attached hydrogens (tertiary/aromatic N) is 3. The van der Waals surface area contributed by atoms with Gasteiger partial charge in [-0.1, -0.05) is 13.3 Å². The lowest BCUT2D eigenvalue weighted by Gasteiger charge is -2.13. The van der Waals surface area contributed by atoms with Crippen molar-refractivity contribution in [1.29, 1.82) is 0 Å². The molecule has 1 aromatic rings. The fourth-order valence-corrected chi connectivity index (χ4v) is 1.53. The van der Waals surface area contributed by atoms with E-state index >= 15 is 0 Å². The third kappa shape index (κ3) is 2.28. The first-order chi connectivity index (χ1) is 6.33. The summed E-state index contributed by atoms with van der Waals surface area (Å²) in [7, 11) is 0. The molecule has 13 heavy (non-hydrogen) atoms. The molecule has 1 atom stereocenters. The number of aromatic nitrogens is 3. The van der Waals surface area contributed by atoms with Gasteiger partial charge >= 0.3 is 0 Å². The standard InChI is InChI=1S/C9H18N4/c1-3-5-8(6-10)9-11-7-12-13(9)4-2/h7-8H,3-6,10H2,1-2H3. The molecule has 1 heterocycles. The highest BCUT2D eigenvalue weighted by Crippen LogP contribution is 2.16. The second-order valence-electron chi connectivity index (χ2n) is 3.16. The van der Waals surface area contributed by atoms with Gasteiger partial charge in [0.2, 0.25) is 0 Å². The summed E-state index contributed by atoms with van der Waals surface area (Å²) in [6.45, 7) is 5.76. The minimum Gasteiger partial charge on any atom is -0.330 e. The summed E-state index contributed by atoms with van der Waals surface area (Å²) in [6, 6.07) is 0. The molecule has 0 radical (unpaired) electrons. The van der Waals surface area contributed by atoms with E-state index < -0.39 is 0 Å². The van der Waals surface area contributed by atoms with Crippen molar-refractivity contribution in [3.8, 4) is 0 Å². The normalized spacial score (nSPS) is 13.2. The van der Waals surface area contributed by atoms with E-state index in [4.69, 9.17) is 5.73 Å². The maximum absolute atomic E-state index is 5.69. The number of hydrogen-bond donors (Lipinski definition) is 1. The predicted molar refractivity (Wildman–Crippen MR) is 52.4 cm³/mol. The van der Waals surface area contributed by atoms with Crippen molar-refractivity contribution in [1.82, 2.24) is 14.8 Å². The number of hydrogen-bond acceptors (Lipinski definition) is 3. The summed E-state index contributed by atoms with van der Waals surface area (Å²) >= 11 is 0. The quantitative estimate of drug-likeness (QED) is 0.743. The van der Waals surface area contributed by atoms with Crippen molar-refractivity contribution in [3.05, 3.63) is 12.2 Å². The molecule has 74 valence electrons. The number of aryl methyl sites for hydroxylation is 1. The van der Waals surface area contributed by atoms with Crippen molar-refractivity contribution < 1.29 is 0 Å². The van der Waals surface area contributed by atoms with Gasteiger partial charge in [0.05, 0.1) is 0 Å². The molecule has 4 nitrogen and oxygen atoms in total. The van der Waals surface area contributed by atoms with Crippen LogP contribution >= 0.6 is 0 Å². The summed E-state index contributed by atoms with van der Waals surface area (Å²) < 4.78 is 1.92. The molecule has 1 rings (SSSR count). The smallest absolute Gasteiger partial charge is 0.138 e. The molecule has 1 unspecified atom stereocenters. The van der Waals surface area contributed by atoms with Crippen LogP contribution in [0.4, 0.5) is 0 Å². The minimum atomic E-state index is 0.368. The Morgan fingerprint density at radius 2 is 2.31 bits per heavy atom. The van der Waals surface area contributed by atoms with Gasteiger partial charge < -0.3 is 5.73 Å². The molecule has 0 aliphatic heterocycles. The van der Waals surface area contributed by atoms with Crippen LogP contribution < -0.4 is 5.73 Å². The van der Waals surface area contributed by atoms with Crippen molar-refractivity contribution in [3.63, 3.8) is 0 Å². The van der Waals surface area contributed by atoms with Gasteiger partial charge in [0.25, 0.3) is 0 Å². The van der Waals surface area contributed by atoms with Gasteiger partial charge in [0.1, 0.15) is 12.2 Å². The number of nitrogens with two attached hydrogens (primary N) is 1. The summed E-state index contributed by atoms with van der Waals surface area (Å²) in [5.41, 5.74) is 5.69. The van der Waals surface area contributed by atoms with E-state index in [1.54, 1.807) is 6.33 Å². The highest BCUT2D eigenvalue weighted by Gasteiger charge is 2.14. The first kappa shape index (κ1) is 10.2. The average Bonchev–Trinajstić information content (AvgIpc) is 2.61. The van der Waals surface area contributed by atoms with E-state index in [2.05, 4.69) is 23.9 Å². The third-order valence-electron chi connectivity index (χ3n) is 2.23. The van der Waals surface area contributed by atoms with Crippen LogP contribution in [0.1, 0.15) is 38.4 Å². The lowest BCUT2D eigenvalue weighted by atomic mass is 10.0. The lowest BCUT2D eigenvalue weighted by molar-refractivity contribution is 0.525. The van der Waals surface area contributed by atoms with Crippen LogP contribution in [0.5, 0.6) is 0 Å². The zero-order valence-corrected chi connectivity index (χ0v) is 8.40. The first-order valence-corrected chi connectivity index (χ1v) is 4.91. The Morgan fingerprint density at radius 3 is 2.85 bits per heavy atom. The maximum atomic E-state index is 5.69. The van der Waals surface area contributed by atoms with Crippen molar-refractivity contribution in [2.75, 3.05) is 6.54 Å². The van der Waals surface area contributed by atoms with E-state index in [1.807, 2.05) is 4.68 Å². The highest BCUT2D eigenvalue weighted by atomic mass is 15.3. The van der Waals surface area contributed by atoms with E-state index in [0.717, 1.165) is 25.2 Å². The second kappa shape index (κ2) is 4.97. The molecule has 2 N–H and O–H groups in total. The average molecular weight is 182 g/mol. The molecule has 0 amide bonds. The lowest BCUT2D eigenvalue weighted by Crippen LogP contribution is -2.17. The fourth-order valence-electron chi connectivity index (χ4n) is 1.53. The molecule has 0 fully saturated rings.